The largest absolute Gasteiger partial charge is 0.476 e. The molecule has 1 aliphatic heterocycles. The van der Waals surface area contributed by atoms with Gasteiger partial charge in [0.15, 0.2) is 0 Å². The molecule has 0 saturated carbocycles. The van der Waals surface area contributed by atoms with E-state index < -0.39 is 11.9 Å². The lowest BCUT2D eigenvalue weighted by Crippen LogP contribution is -2.38. The molecule has 3 heterocycles. The van der Waals surface area contributed by atoms with Crippen LogP contribution in [0.3, 0.4) is 0 Å². The molecule has 2 aromatic heterocycles. The number of hydrogen-bond acceptors (Lipinski definition) is 6. The molecule has 9 heteroatoms. The monoisotopic (exact) mass is 339 g/mol. The summed E-state index contributed by atoms with van der Waals surface area (Å²) in [6.07, 6.45) is 2.92. The summed E-state index contributed by atoms with van der Waals surface area (Å²) in [5, 5.41) is 0. The number of nitrogens with zero attached hydrogens (tertiary/aromatic N) is 5. The van der Waals surface area contributed by atoms with Crippen molar-refractivity contribution in [3.05, 3.63) is 36.7 Å². The molecule has 6 nitrogen and oxygen atoms in total. The van der Waals surface area contributed by atoms with Crippen molar-refractivity contribution in [3.8, 4) is 5.88 Å². The molecule has 0 spiro atoms. The number of halogens is 3. The van der Waals surface area contributed by atoms with E-state index in [1.165, 1.54) is 6.20 Å². The van der Waals surface area contributed by atoms with E-state index in [2.05, 4.69) is 19.9 Å². The second-order valence-corrected chi connectivity index (χ2v) is 5.57. The maximum absolute atomic E-state index is 12.8. The second kappa shape index (κ2) is 6.98. The second-order valence-electron chi connectivity index (χ2n) is 5.57. The van der Waals surface area contributed by atoms with Gasteiger partial charge in [-0.2, -0.15) is 13.2 Å². The van der Waals surface area contributed by atoms with Crippen LogP contribution < -0.4 is 9.64 Å². The van der Waals surface area contributed by atoms with Crippen LogP contribution in [0.2, 0.25) is 0 Å². The molecule has 128 valence electrons. The number of hydrogen-bond donors (Lipinski definition) is 0. The van der Waals surface area contributed by atoms with Crippen LogP contribution >= 0.6 is 0 Å². The molecule has 0 bridgehead atoms. The fourth-order valence-corrected chi connectivity index (χ4v) is 2.65. The molecule has 1 aliphatic rings. The quantitative estimate of drug-likeness (QED) is 0.853. The number of alkyl halides is 3. The van der Waals surface area contributed by atoms with E-state index >= 15 is 0 Å². The molecule has 1 saturated heterocycles. The van der Waals surface area contributed by atoms with Crippen LogP contribution in [0.15, 0.2) is 31.0 Å². The molecule has 1 unspecified atom stereocenters. The van der Waals surface area contributed by atoms with Crippen LogP contribution in [0, 0.1) is 5.92 Å². The van der Waals surface area contributed by atoms with Crippen molar-refractivity contribution in [1.29, 1.82) is 0 Å². The third-order valence-electron chi connectivity index (χ3n) is 3.79. The van der Waals surface area contributed by atoms with E-state index in [0.717, 1.165) is 25.2 Å². The van der Waals surface area contributed by atoms with Gasteiger partial charge in [0.05, 0.1) is 12.8 Å². The minimum atomic E-state index is -4.47. The summed E-state index contributed by atoms with van der Waals surface area (Å²) >= 11 is 0. The summed E-state index contributed by atoms with van der Waals surface area (Å²) in [4.78, 5) is 17.1. The predicted octanol–water partition coefficient (Wildman–Crippen LogP) is 2.58. The van der Waals surface area contributed by atoms with Gasteiger partial charge in [0, 0.05) is 37.5 Å². The van der Waals surface area contributed by atoms with Crippen molar-refractivity contribution in [2.45, 2.75) is 19.0 Å². The first-order valence-electron chi connectivity index (χ1n) is 7.55. The molecule has 0 aromatic carbocycles. The Balaban J connectivity index is 1.63. The molecule has 0 N–H and O–H groups in total. The summed E-state index contributed by atoms with van der Waals surface area (Å²) in [5.74, 6) is 0.919. The minimum Gasteiger partial charge on any atom is -0.476 e. The summed E-state index contributed by atoms with van der Waals surface area (Å²) in [6, 6.07) is 0.992. The van der Waals surface area contributed by atoms with E-state index in [9.17, 15) is 13.2 Å². The Kier molecular flexibility index (Phi) is 4.77. The van der Waals surface area contributed by atoms with Gasteiger partial charge in [-0.25, -0.2) is 15.0 Å². The molecule has 0 amide bonds. The Morgan fingerprint density at radius 2 is 2.08 bits per heavy atom. The topological polar surface area (TPSA) is 64.0 Å². The molecular weight excluding hydrogens is 323 g/mol. The summed E-state index contributed by atoms with van der Waals surface area (Å²) in [7, 11) is 0. The van der Waals surface area contributed by atoms with Crippen molar-refractivity contribution < 1.29 is 17.9 Å². The maximum Gasteiger partial charge on any atom is 0.433 e. The van der Waals surface area contributed by atoms with Crippen molar-refractivity contribution >= 4 is 5.82 Å². The van der Waals surface area contributed by atoms with Crippen molar-refractivity contribution in [1.82, 2.24) is 19.9 Å². The van der Waals surface area contributed by atoms with Gasteiger partial charge >= 0.3 is 6.18 Å². The van der Waals surface area contributed by atoms with Gasteiger partial charge < -0.3 is 9.64 Å². The molecule has 0 aliphatic carbocycles. The van der Waals surface area contributed by atoms with E-state index in [1.807, 2.05) is 4.90 Å². The lowest BCUT2D eigenvalue weighted by atomic mass is 9.99. The van der Waals surface area contributed by atoms with Gasteiger partial charge in [0.25, 0.3) is 0 Å². The predicted molar refractivity (Wildman–Crippen MR) is 79.5 cm³/mol. The van der Waals surface area contributed by atoms with Crippen LogP contribution in [0.5, 0.6) is 5.88 Å². The third-order valence-corrected chi connectivity index (χ3v) is 3.79. The highest BCUT2D eigenvalue weighted by molar-refractivity contribution is 5.40. The van der Waals surface area contributed by atoms with Gasteiger partial charge in [-0.1, -0.05) is 0 Å². The summed E-state index contributed by atoms with van der Waals surface area (Å²) in [5.41, 5.74) is -0.926. The smallest absolute Gasteiger partial charge is 0.433 e. The van der Waals surface area contributed by atoms with Gasteiger partial charge in [-0.05, 0) is 12.8 Å². The molecule has 0 radical (unpaired) electrons. The zero-order valence-electron chi connectivity index (χ0n) is 12.8. The zero-order valence-corrected chi connectivity index (χ0v) is 12.8. The molecular formula is C15H16F3N5O. The Morgan fingerprint density at radius 1 is 1.21 bits per heavy atom. The van der Waals surface area contributed by atoms with Crippen LogP contribution in [-0.2, 0) is 6.18 Å². The number of piperidine rings is 1. The van der Waals surface area contributed by atoms with E-state index in [0.29, 0.717) is 31.4 Å². The number of ether oxygens (including phenoxy) is 1. The highest BCUT2D eigenvalue weighted by atomic mass is 19.4. The minimum absolute atomic E-state index is 0.185. The third kappa shape index (κ3) is 4.09. The number of anilines is 1. The standard InChI is InChI=1S/C15H16F3N5O/c16-15(17,18)12-6-13(22-10-21-12)23-5-1-2-11(8-23)9-24-14-7-19-3-4-20-14/h3-4,6-7,10-11H,1-2,5,8-9H2. The normalized spacial score (nSPS) is 18.5. The van der Waals surface area contributed by atoms with Crippen molar-refractivity contribution in [2.24, 2.45) is 5.92 Å². The van der Waals surface area contributed by atoms with Crippen LogP contribution in [-0.4, -0.2) is 39.6 Å². The Hall–Kier alpha value is -2.45. The maximum atomic E-state index is 12.8. The lowest BCUT2D eigenvalue weighted by Gasteiger charge is -2.33. The van der Waals surface area contributed by atoms with Crippen LogP contribution in [0.25, 0.3) is 0 Å². The van der Waals surface area contributed by atoms with Gasteiger partial charge in [-0.15, -0.1) is 0 Å². The molecule has 2 aromatic rings. The summed E-state index contributed by atoms with van der Waals surface area (Å²) < 4.78 is 43.9. The molecule has 24 heavy (non-hydrogen) atoms. The Labute approximate surface area is 136 Å². The van der Waals surface area contributed by atoms with Gasteiger partial charge in [0.1, 0.15) is 17.8 Å². The fraction of sp³-hybridized carbons (Fsp3) is 0.467. The van der Waals surface area contributed by atoms with E-state index in [4.69, 9.17) is 4.74 Å². The first kappa shape index (κ1) is 16.4. The average molecular weight is 339 g/mol. The number of aromatic nitrogens is 4. The highest BCUT2D eigenvalue weighted by Gasteiger charge is 2.33. The Morgan fingerprint density at radius 3 is 2.83 bits per heavy atom. The van der Waals surface area contributed by atoms with E-state index in [-0.39, 0.29) is 5.92 Å². The van der Waals surface area contributed by atoms with Gasteiger partial charge in [0.2, 0.25) is 5.88 Å². The number of rotatable bonds is 4. The zero-order chi connectivity index (χ0) is 17.0. The molecule has 1 atom stereocenters. The molecule has 3 rings (SSSR count). The van der Waals surface area contributed by atoms with Crippen LogP contribution in [0.4, 0.5) is 19.0 Å². The van der Waals surface area contributed by atoms with Crippen LogP contribution in [0.1, 0.15) is 18.5 Å². The highest BCUT2D eigenvalue weighted by Crippen LogP contribution is 2.30. The Bertz CT molecular complexity index is 668. The van der Waals surface area contributed by atoms with Crippen molar-refractivity contribution in [3.63, 3.8) is 0 Å². The summed E-state index contributed by atoms with van der Waals surface area (Å²) in [6.45, 7) is 1.68. The SMILES string of the molecule is FC(F)(F)c1cc(N2CCCC(COc3cnccn3)C2)ncn1. The lowest BCUT2D eigenvalue weighted by molar-refractivity contribution is -0.141. The fourth-order valence-electron chi connectivity index (χ4n) is 2.65. The first-order chi connectivity index (χ1) is 11.5. The first-order valence-corrected chi connectivity index (χ1v) is 7.55. The van der Waals surface area contributed by atoms with E-state index in [1.54, 1.807) is 12.4 Å². The molecule has 1 fully saturated rings. The average Bonchev–Trinajstić information content (AvgIpc) is 2.60. The van der Waals surface area contributed by atoms with Gasteiger partial charge in [-0.3, -0.25) is 4.98 Å². The van der Waals surface area contributed by atoms with Crippen molar-refractivity contribution in [2.75, 3.05) is 24.6 Å².